The van der Waals surface area contributed by atoms with Gasteiger partial charge in [-0.2, -0.15) is 0 Å². The number of anilines is 2. The molecule has 0 aliphatic rings. The lowest BCUT2D eigenvalue weighted by molar-refractivity contribution is 0.859. The van der Waals surface area contributed by atoms with E-state index in [1.165, 1.54) is 0 Å². The van der Waals surface area contributed by atoms with Crippen molar-refractivity contribution in [1.82, 2.24) is 19.9 Å². The maximum absolute atomic E-state index is 4.16. The first-order valence-electron chi connectivity index (χ1n) is 5.35. The molecule has 2 rings (SSSR count). The van der Waals surface area contributed by atoms with Gasteiger partial charge in [0.2, 0.25) is 11.9 Å². The Bertz CT molecular complexity index is 432. The molecule has 0 aliphatic carbocycles. The lowest BCUT2D eigenvalue weighted by Gasteiger charge is -2.16. The molecule has 6 nitrogen and oxygen atoms in total. The van der Waals surface area contributed by atoms with E-state index in [2.05, 4.69) is 25.3 Å². The van der Waals surface area contributed by atoms with Crippen LogP contribution in [0.25, 0.3) is 0 Å². The monoisotopic (exact) mass is 230 g/mol. The van der Waals surface area contributed by atoms with Crippen LogP contribution in [0.15, 0.2) is 36.9 Å². The molecule has 0 fully saturated rings. The Morgan fingerprint density at radius 1 is 1.00 bits per heavy atom. The number of nitrogens with zero attached hydrogens (tertiary/aromatic N) is 5. The molecule has 0 spiro atoms. The Balaban J connectivity index is 1.79. The van der Waals surface area contributed by atoms with Gasteiger partial charge in [0.05, 0.1) is 0 Å². The van der Waals surface area contributed by atoms with Gasteiger partial charge in [-0.15, -0.1) is 0 Å². The Hall–Kier alpha value is -2.24. The van der Waals surface area contributed by atoms with Crippen molar-refractivity contribution in [3.05, 3.63) is 36.9 Å². The van der Waals surface area contributed by atoms with E-state index in [9.17, 15) is 0 Å². The molecular weight excluding hydrogens is 216 g/mol. The van der Waals surface area contributed by atoms with Gasteiger partial charge in [0.25, 0.3) is 0 Å². The van der Waals surface area contributed by atoms with Crippen molar-refractivity contribution in [2.24, 2.45) is 0 Å². The molecule has 2 aromatic heterocycles. The third-order valence-corrected chi connectivity index (χ3v) is 2.19. The zero-order valence-electron chi connectivity index (χ0n) is 9.61. The van der Waals surface area contributed by atoms with Crippen molar-refractivity contribution in [3.63, 3.8) is 0 Å². The third-order valence-electron chi connectivity index (χ3n) is 2.19. The van der Waals surface area contributed by atoms with E-state index in [4.69, 9.17) is 0 Å². The highest BCUT2D eigenvalue weighted by atomic mass is 15.2. The normalized spacial score (nSPS) is 9.94. The van der Waals surface area contributed by atoms with Crippen LogP contribution in [0, 0.1) is 0 Å². The molecule has 2 aromatic rings. The molecule has 6 heteroatoms. The summed E-state index contributed by atoms with van der Waals surface area (Å²) in [6.45, 7) is 1.51. The SMILES string of the molecule is CN(CCNc1ncccn1)c1ncccn1. The molecule has 0 saturated carbocycles. The largest absolute Gasteiger partial charge is 0.352 e. The van der Waals surface area contributed by atoms with Crippen molar-refractivity contribution < 1.29 is 0 Å². The summed E-state index contributed by atoms with van der Waals surface area (Å²) in [7, 11) is 1.95. The highest BCUT2D eigenvalue weighted by molar-refractivity contribution is 5.28. The lowest BCUT2D eigenvalue weighted by Crippen LogP contribution is -2.26. The second kappa shape index (κ2) is 5.74. The second-order valence-corrected chi connectivity index (χ2v) is 3.47. The summed E-state index contributed by atoms with van der Waals surface area (Å²) in [5.41, 5.74) is 0. The maximum atomic E-state index is 4.16. The number of nitrogens with one attached hydrogen (secondary N) is 1. The number of hydrogen-bond acceptors (Lipinski definition) is 6. The van der Waals surface area contributed by atoms with E-state index in [0.717, 1.165) is 13.1 Å². The molecule has 1 N–H and O–H groups in total. The number of hydrogen-bond donors (Lipinski definition) is 1. The molecule has 0 aromatic carbocycles. The Morgan fingerprint density at radius 3 is 2.24 bits per heavy atom. The number of aromatic nitrogens is 4. The molecule has 0 saturated heterocycles. The van der Waals surface area contributed by atoms with E-state index in [1.807, 2.05) is 11.9 Å². The summed E-state index contributed by atoms with van der Waals surface area (Å²) in [6.07, 6.45) is 6.87. The summed E-state index contributed by atoms with van der Waals surface area (Å²) >= 11 is 0. The fraction of sp³-hybridized carbons (Fsp3) is 0.273. The van der Waals surface area contributed by atoms with Crippen LogP contribution in [-0.4, -0.2) is 40.1 Å². The van der Waals surface area contributed by atoms with Crippen molar-refractivity contribution in [1.29, 1.82) is 0 Å². The Labute approximate surface area is 99.8 Å². The van der Waals surface area contributed by atoms with Crippen molar-refractivity contribution in [2.45, 2.75) is 0 Å². The van der Waals surface area contributed by atoms with Crippen LogP contribution >= 0.6 is 0 Å². The van der Waals surface area contributed by atoms with Gasteiger partial charge in [0.15, 0.2) is 0 Å². The van der Waals surface area contributed by atoms with Gasteiger partial charge in [-0.25, -0.2) is 19.9 Å². The molecule has 0 atom stereocenters. The lowest BCUT2D eigenvalue weighted by atomic mass is 10.5. The predicted molar refractivity (Wildman–Crippen MR) is 65.8 cm³/mol. The van der Waals surface area contributed by atoms with E-state index in [-0.39, 0.29) is 0 Å². The zero-order chi connectivity index (χ0) is 11.9. The minimum absolute atomic E-state index is 0.634. The van der Waals surface area contributed by atoms with Crippen molar-refractivity contribution >= 4 is 11.9 Å². The summed E-state index contributed by atoms with van der Waals surface area (Å²) in [5, 5.41) is 3.13. The van der Waals surface area contributed by atoms with Gasteiger partial charge >= 0.3 is 0 Å². The fourth-order valence-corrected chi connectivity index (χ4v) is 1.31. The van der Waals surface area contributed by atoms with E-state index in [1.54, 1.807) is 36.9 Å². The first-order chi connectivity index (χ1) is 8.36. The zero-order valence-corrected chi connectivity index (χ0v) is 9.61. The molecule has 88 valence electrons. The summed E-state index contributed by atoms with van der Waals surface area (Å²) in [5.74, 6) is 1.35. The summed E-state index contributed by atoms with van der Waals surface area (Å²) in [4.78, 5) is 18.4. The predicted octanol–water partition coefficient (Wildman–Crippen LogP) is 0.815. The first-order valence-corrected chi connectivity index (χ1v) is 5.35. The molecule has 0 aliphatic heterocycles. The minimum Gasteiger partial charge on any atom is -0.352 e. The van der Waals surface area contributed by atoms with E-state index >= 15 is 0 Å². The number of likely N-dealkylation sites (N-methyl/N-ethyl adjacent to an activating group) is 1. The molecule has 2 heterocycles. The molecule has 0 unspecified atom stereocenters. The summed E-state index contributed by atoms with van der Waals surface area (Å²) in [6, 6.07) is 3.59. The van der Waals surface area contributed by atoms with Gasteiger partial charge < -0.3 is 10.2 Å². The van der Waals surface area contributed by atoms with Gasteiger partial charge in [-0.3, -0.25) is 0 Å². The molecular formula is C11H14N6. The fourth-order valence-electron chi connectivity index (χ4n) is 1.31. The quantitative estimate of drug-likeness (QED) is 0.820. The van der Waals surface area contributed by atoms with Gasteiger partial charge in [-0.05, 0) is 12.1 Å². The summed E-state index contributed by atoms with van der Waals surface area (Å²) < 4.78 is 0. The molecule has 17 heavy (non-hydrogen) atoms. The van der Waals surface area contributed by atoms with Crippen LogP contribution in [-0.2, 0) is 0 Å². The highest BCUT2D eigenvalue weighted by Gasteiger charge is 2.02. The Kier molecular flexibility index (Phi) is 3.80. The first kappa shape index (κ1) is 11.3. The second-order valence-electron chi connectivity index (χ2n) is 3.47. The maximum Gasteiger partial charge on any atom is 0.225 e. The molecule has 0 bridgehead atoms. The highest BCUT2D eigenvalue weighted by Crippen LogP contribution is 2.01. The van der Waals surface area contributed by atoms with Gasteiger partial charge in [0, 0.05) is 44.9 Å². The minimum atomic E-state index is 0.634. The average molecular weight is 230 g/mol. The van der Waals surface area contributed by atoms with Gasteiger partial charge in [-0.1, -0.05) is 0 Å². The standard InChI is InChI=1S/C11H14N6/c1-17(11-15-6-3-7-16-11)9-8-14-10-12-4-2-5-13-10/h2-7H,8-9H2,1H3,(H,12,13,14). The van der Waals surface area contributed by atoms with Crippen LogP contribution in [0.4, 0.5) is 11.9 Å². The van der Waals surface area contributed by atoms with Crippen LogP contribution in [0.5, 0.6) is 0 Å². The molecule has 0 amide bonds. The van der Waals surface area contributed by atoms with Crippen LogP contribution in [0.3, 0.4) is 0 Å². The third kappa shape index (κ3) is 3.37. The Morgan fingerprint density at radius 2 is 1.59 bits per heavy atom. The number of rotatable bonds is 5. The topological polar surface area (TPSA) is 66.8 Å². The average Bonchev–Trinajstić information content (AvgIpc) is 2.41. The van der Waals surface area contributed by atoms with Crippen LogP contribution in [0.1, 0.15) is 0 Å². The smallest absolute Gasteiger partial charge is 0.225 e. The van der Waals surface area contributed by atoms with Crippen molar-refractivity contribution in [3.8, 4) is 0 Å². The molecule has 0 radical (unpaired) electrons. The van der Waals surface area contributed by atoms with Crippen LogP contribution < -0.4 is 10.2 Å². The van der Waals surface area contributed by atoms with E-state index < -0.39 is 0 Å². The van der Waals surface area contributed by atoms with Crippen molar-refractivity contribution in [2.75, 3.05) is 30.4 Å². The van der Waals surface area contributed by atoms with Gasteiger partial charge in [0.1, 0.15) is 0 Å². The van der Waals surface area contributed by atoms with Crippen LogP contribution in [0.2, 0.25) is 0 Å². The van der Waals surface area contributed by atoms with E-state index in [0.29, 0.717) is 11.9 Å².